The Labute approximate surface area is 124 Å². The summed E-state index contributed by atoms with van der Waals surface area (Å²) < 4.78 is 27.1. The summed E-state index contributed by atoms with van der Waals surface area (Å²) in [5, 5.41) is 6.76. The van der Waals surface area contributed by atoms with Gasteiger partial charge in [-0.2, -0.15) is 5.10 Å². The molecule has 0 aliphatic heterocycles. The molecule has 0 fully saturated rings. The molecule has 0 unspecified atom stereocenters. The number of aryl methyl sites for hydroxylation is 2. The lowest BCUT2D eigenvalue weighted by Gasteiger charge is -2.08. The first kappa shape index (κ1) is 15.4. The van der Waals surface area contributed by atoms with Crippen LogP contribution in [0.4, 0.5) is 11.5 Å². The minimum Gasteiger partial charge on any atom is -0.398 e. The average molecular weight is 308 g/mol. The zero-order valence-corrected chi connectivity index (χ0v) is 13.0. The van der Waals surface area contributed by atoms with Gasteiger partial charge in [0.25, 0.3) is 10.0 Å². The van der Waals surface area contributed by atoms with Gasteiger partial charge in [0.2, 0.25) is 0 Å². The van der Waals surface area contributed by atoms with E-state index in [2.05, 4.69) is 14.9 Å². The number of nitrogens with two attached hydrogens (primary N) is 1. The van der Waals surface area contributed by atoms with Crippen LogP contribution in [0.15, 0.2) is 29.2 Å². The van der Waals surface area contributed by atoms with E-state index in [1.165, 1.54) is 6.07 Å². The molecule has 1 heterocycles. The number of rotatable bonds is 6. The topological polar surface area (TPSA) is 101 Å². The minimum absolute atomic E-state index is 0.136. The number of nitrogens with one attached hydrogen (secondary N) is 2. The molecule has 0 atom stereocenters. The van der Waals surface area contributed by atoms with Gasteiger partial charge in [-0.1, -0.05) is 26.3 Å². The molecule has 0 amide bonds. The van der Waals surface area contributed by atoms with E-state index in [4.69, 9.17) is 5.73 Å². The normalized spacial score (nSPS) is 11.5. The fourth-order valence-corrected chi connectivity index (χ4v) is 3.10. The third kappa shape index (κ3) is 3.55. The van der Waals surface area contributed by atoms with Gasteiger partial charge in [0, 0.05) is 17.4 Å². The summed E-state index contributed by atoms with van der Waals surface area (Å²) >= 11 is 0. The Kier molecular flexibility index (Phi) is 4.52. The number of nitrogen functional groups attached to an aromatic ring is 1. The first-order valence-corrected chi connectivity index (χ1v) is 8.40. The van der Waals surface area contributed by atoms with Crippen molar-refractivity contribution >= 4 is 21.5 Å². The van der Waals surface area contributed by atoms with Crippen molar-refractivity contribution < 1.29 is 8.42 Å². The lowest BCUT2D eigenvalue weighted by Crippen LogP contribution is -2.13. The summed E-state index contributed by atoms with van der Waals surface area (Å²) in [6, 6.07) is 6.46. The molecule has 114 valence electrons. The maximum atomic E-state index is 12.3. The van der Waals surface area contributed by atoms with Gasteiger partial charge in [-0.3, -0.25) is 9.82 Å². The number of anilines is 2. The molecule has 6 nitrogen and oxygen atoms in total. The average Bonchev–Trinajstić information content (AvgIpc) is 2.85. The molecular formula is C14H20N4O2S. The van der Waals surface area contributed by atoms with Gasteiger partial charge in [0.1, 0.15) is 0 Å². The molecule has 4 N–H and O–H groups in total. The monoisotopic (exact) mass is 308 g/mol. The van der Waals surface area contributed by atoms with Gasteiger partial charge < -0.3 is 5.73 Å². The van der Waals surface area contributed by atoms with Crippen molar-refractivity contribution in [1.82, 2.24) is 10.2 Å². The second-order valence-electron chi connectivity index (χ2n) is 4.85. The zero-order chi connectivity index (χ0) is 15.5. The molecule has 2 aromatic rings. The van der Waals surface area contributed by atoms with Crippen molar-refractivity contribution in [3.05, 3.63) is 35.5 Å². The van der Waals surface area contributed by atoms with Crippen LogP contribution in [0, 0.1) is 0 Å². The zero-order valence-electron chi connectivity index (χ0n) is 12.2. The molecule has 2 rings (SSSR count). The van der Waals surface area contributed by atoms with E-state index in [9.17, 15) is 8.42 Å². The first-order chi connectivity index (χ1) is 9.96. The standard InChI is InChI=1S/C14H20N4O2S/c1-3-5-11-8-14(17-16-11)18-21(19,20)12-7-6-10(4-2)13(15)9-12/h6-9H,3-5,15H2,1-2H3,(H2,16,17,18). The Morgan fingerprint density at radius 3 is 2.67 bits per heavy atom. The maximum absolute atomic E-state index is 12.3. The van der Waals surface area contributed by atoms with Crippen molar-refractivity contribution in [3.63, 3.8) is 0 Å². The molecule has 0 saturated carbocycles. The van der Waals surface area contributed by atoms with Crippen molar-refractivity contribution in [2.45, 2.75) is 38.0 Å². The van der Waals surface area contributed by atoms with Gasteiger partial charge in [-0.05, 0) is 30.5 Å². The molecule has 0 radical (unpaired) electrons. The molecule has 0 aliphatic rings. The van der Waals surface area contributed by atoms with Crippen LogP contribution in [0.25, 0.3) is 0 Å². The Hall–Kier alpha value is -2.02. The number of nitrogens with zero attached hydrogens (tertiary/aromatic N) is 1. The Morgan fingerprint density at radius 2 is 2.05 bits per heavy atom. The molecule has 21 heavy (non-hydrogen) atoms. The molecule has 0 bridgehead atoms. The van der Waals surface area contributed by atoms with E-state index < -0.39 is 10.0 Å². The largest absolute Gasteiger partial charge is 0.398 e. The molecule has 0 spiro atoms. The van der Waals surface area contributed by atoms with Crippen LogP contribution in [0.2, 0.25) is 0 Å². The highest BCUT2D eigenvalue weighted by Gasteiger charge is 2.16. The summed E-state index contributed by atoms with van der Waals surface area (Å²) in [5.74, 6) is 0.289. The highest BCUT2D eigenvalue weighted by atomic mass is 32.2. The van der Waals surface area contributed by atoms with Crippen LogP contribution >= 0.6 is 0 Å². The van der Waals surface area contributed by atoms with Crippen molar-refractivity contribution in [2.75, 3.05) is 10.5 Å². The molecule has 0 aliphatic carbocycles. The second kappa shape index (κ2) is 6.17. The molecular weight excluding hydrogens is 288 g/mol. The van der Waals surface area contributed by atoms with Gasteiger partial charge in [-0.15, -0.1) is 0 Å². The predicted octanol–water partition coefficient (Wildman–Crippen LogP) is 2.31. The van der Waals surface area contributed by atoms with Crippen molar-refractivity contribution in [1.29, 1.82) is 0 Å². The van der Waals surface area contributed by atoms with E-state index in [1.54, 1.807) is 18.2 Å². The number of aromatic amines is 1. The van der Waals surface area contributed by atoms with Crippen molar-refractivity contribution in [3.8, 4) is 0 Å². The smallest absolute Gasteiger partial charge is 0.263 e. The van der Waals surface area contributed by atoms with Crippen LogP contribution in [0.5, 0.6) is 0 Å². The number of H-pyrrole nitrogens is 1. The molecule has 1 aromatic heterocycles. The van der Waals surface area contributed by atoms with Crippen LogP contribution < -0.4 is 10.5 Å². The number of benzene rings is 1. The van der Waals surface area contributed by atoms with Crippen LogP contribution in [-0.4, -0.2) is 18.6 Å². The SMILES string of the molecule is CCCc1cc(NS(=O)(=O)c2ccc(CC)c(N)c2)n[nH]1. The summed E-state index contributed by atoms with van der Waals surface area (Å²) in [4.78, 5) is 0.136. The summed E-state index contributed by atoms with van der Waals surface area (Å²) in [6.45, 7) is 4.01. The second-order valence-corrected chi connectivity index (χ2v) is 6.53. The number of hydrogen-bond acceptors (Lipinski definition) is 4. The summed E-state index contributed by atoms with van der Waals surface area (Å²) in [5.41, 5.74) is 8.16. The third-order valence-corrected chi connectivity index (χ3v) is 4.55. The van der Waals surface area contributed by atoms with E-state index in [0.717, 1.165) is 30.5 Å². The van der Waals surface area contributed by atoms with Crippen molar-refractivity contribution in [2.24, 2.45) is 0 Å². The lowest BCUT2D eigenvalue weighted by molar-refractivity contribution is 0.601. The van der Waals surface area contributed by atoms with Crippen LogP contribution in [-0.2, 0) is 22.9 Å². The Morgan fingerprint density at radius 1 is 1.29 bits per heavy atom. The van der Waals surface area contributed by atoms with E-state index in [-0.39, 0.29) is 10.7 Å². The maximum Gasteiger partial charge on any atom is 0.263 e. The van der Waals surface area contributed by atoms with E-state index >= 15 is 0 Å². The fraction of sp³-hybridized carbons (Fsp3) is 0.357. The molecule has 1 aromatic carbocycles. The minimum atomic E-state index is -3.67. The van der Waals surface area contributed by atoms with Gasteiger partial charge in [-0.25, -0.2) is 8.42 Å². The predicted molar refractivity (Wildman–Crippen MR) is 83.6 cm³/mol. The van der Waals surface area contributed by atoms with E-state index in [0.29, 0.717) is 5.69 Å². The van der Waals surface area contributed by atoms with E-state index in [1.807, 2.05) is 13.8 Å². The fourth-order valence-electron chi connectivity index (χ4n) is 2.07. The third-order valence-electron chi connectivity index (χ3n) is 3.20. The summed E-state index contributed by atoms with van der Waals surface area (Å²) in [7, 11) is -3.67. The quantitative estimate of drug-likeness (QED) is 0.713. The van der Waals surface area contributed by atoms with Gasteiger partial charge in [0.15, 0.2) is 5.82 Å². The number of aromatic nitrogens is 2. The Balaban J connectivity index is 2.23. The molecule has 0 saturated heterocycles. The first-order valence-electron chi connectivity index (χ1n) is 6.91. The van der Waals surface area contributed by atoms with Gasteiger partial charge >= 0.3 is 0 Å². The highest BCUT2D eigenvalue weighted by molar-refractivity contribution is 7.92. The summed E-state index contributed by atoms with van der Waals surface area (Å²) in [6.07, 6.45) is 2.55. The number of sulfonamides is 1. The number of hydrogen-bond donors (Lipinski definition) is 3. The Bertz CT molecular complexity index is 722. The van der Waals surface area contributed by atoms with Gasteiger partial charge in [0.05, 0.1) is 4.90 Å². The lowest BCUT2D eigenvalue weighted by atomic mass is 10.1. The van der Waals surface area contributed by atoms with Crippen LogP contribution in [0.1, 0.15) is 31.5 Å². The highest BCUT2D eigenvalue weighted by Crippen LogP contribution is 2.21. The van der Waals surface area contributed by atoms with Crippen LogP contribution in [0.3, 0.4) is 0 Å². The molecule has 7 heteroatoms.